The third-order valence-corrected chi connectivity index (χ3v) is 6.35. The summed E-state index contributed by atoms with van der Waals surface area (Å²) < 4.78 is 25.5. The molecule has 9 heteroatoms. The van der Waals surface area contributed by atoms with Gasteiger partial charge in [0.05, 0.1) is 11.8 Å². The van der Waals surface area contributed by atoms with Crippen LogP contribution in [0.5, 0.6) is 0 Å². The number of anilines is 2. The summed E-state index contributed by atoms with van der Waals surface area (Å²) in [6.07, 6.45) is 8.30. The topological polar surface area (TPSA) is 110 Å². The zero-order chi connectivity index (χ0) is 25.0. The van der Waals surface area contributed by atoms with E-state index in [0.29, 0.717) is 18.1 Å². The Morgan fingerprint density at radius 3 is 2.00 bits per heavy atom. The number of para-hydroxylation sites is 1. The van der Waals surface area contributed by atoms with E-state index in [1.807, 2.05) is 48.5 Å². The van der Waals surface area contributed by atoms with Gasteiger partial charge in [-0.1, -0.05) is 12.1 Å². The van der Waals surface area contributed by atoms with Gasteiger partial charge in [-0.05, 0) is 71.8 Å². The molecule has 0 unspecified atom stereocenters. The molecular formula is C27H24N6O2S. The first kappa shape index (κ1) is 23.4. The zero-order valence-electron chi connectivity index (χ0n) is 19.5. The third-order valence-electron chi connectivity index (χ3n) is 5.74. The number of nitrogens with one attached hydrogen (secondary N) is 2. The Kier molecular flexibility index (Phi) is 6.55. The highest BCUT2D eigenvalue weighted by molar-refractivity contribution is 7.92. The molecule has 0 radical (unpaired) electrons. The van der Waals surface area contributed by atoms with Gasteiger partial charge < -0.3 is 5.32 Å². The van der Waals surface area contributed by atoms with Crippen molar-refractivity contribution in [3.05, 3.63) is 109 Å². The minimum atomic E-state index is -3.35. The summed E-state index contributed by atoms with van der Waals surface area (Å²) >= 11 is 0. The molecule has 2 N–H and O–H groups in total. The van der Waals surface area contributed by atoms with Crippen LogP contribution in [-0.4, -0.2) is 41.2 Å². The lowest BCUT2D eigenvalue weighted by Gasteiger charge is -2.20. The van der Waals surface area contributed by atoms with Crippen LogP contribution >= 0.6 is 0 Å². The van der Waals surface area contributed by atoms with Crippen molar-refractivity contribution in [1.82, 2.24) is 19.9 Å². The van der Waals surface area contributed by atoms with Crippen molar-refractivity contribution in [3.8, 4) is 11.4 Å². The van der Waals surface area contributed by atoms with Gasteiger partial charge in [0.15, 0.2) is 5.82 Å². The van der Waals surface area contributed by atoms with E-state index in [2.05, 4.69) is 20.0 Å². The van der Waals surface area contributed by atoms with Gasteiger partial charge in [-0.15, -0.1) is 0 Å². The summed E-state index contributed by atoms with van der Waals surface area (Å²) in [5.41, 5.74) is 4.35. The summed E-state index contributed by atoms with van der Waals surface area (Å²) in [5, 5.41) is 4.47. The number of hydrogen-bond acceptors (Lipinski definition) is 7. The van der Waals surface area contributed by atoms with Gasteiger partial charge in [0.25, 0.3) is 0 Å². The zero-order valence-corrected chi connectivity index (χ0v) is 20.4. The molecule has 0 aliphatic heterocycles. The van der Waals surface area contributed by atoms with Crippen molar-refractivity contribution < 1.29 is 8.42 Å². The molecule has 3 aromatic heterocycles. The van der Waals surface area contributed by atoms with Crippen LogP contribution in [0.3, 0.4) is 0 Å². The Morgan fingerprint density at radius 1 is 0.778 bits per heavy atom. The molecule has 2 aromatic carbocycles. The van der Waals surface area contributed by atoms with Gasteiger partial charge in [0.1, 0.15) is 5.82 Å². The van der Waals surface area contributed by atoms with Crippen molar-refractivity contribution in [2.75, 3.05) is 22.8 Å². The van der Waals surface area contributed by atoms with Crippen LogP contribution < -0.4 is 10.0 Å². The summed E-state index contributed by atoms with van der Waals surface area (Å²) in [6, 6.07) is 22.9. The summed E-state index contributed by atoms with van der Waals surface area (Å²) in [4.78, 5) is 17.9. The second-order valence-electron chi connectivity index (χ2n) is 8.36. The molecule has 0 atom stereocenters. The molecule has 0 aliphatic rings. The highest BCUT2D eigenvalue weighted by Gasteiger charge is 2.16. The van der Waals surface area contributed by atoms with Crippen molar-refractivity contribution in [3.63, 3.8) is 0 Å². The number of benzene rings is 2. The smallest absolute Gasteiger partial charge is 0.229 e. The van der Waals surface area contributed by atoms with E-state index in [1.165, 1.54) is 0 Å². The first-order valence-electron chi connectivity index (χ1n) is 11.3. The largest absolute Gasteiger partial charge is 0.368 e. The molecule has 0 aliphatic carbocycles. The normalized spacial score (nSPS) is 11.5. The Hall–Kier alpha value is -4.37. The van der Waals surface area contributed by atoms with E-state index >= 15 is 0 Å². The standard InChI is InChI=1S/C27H24N6O2S/c1-36(34,35)33-22-8-6-21(7-9-22)26-31-25-5-3-2-4-23(25)27(32-26)30-18-24(19-10-14-28-15-11-19)20-12-16-29-17-13-20/h2-17,24,33H,18H2,1H3,(H,30,31,32). The predicted octanol–water partition coefficient (Wildman–Crippen LogP) is 4.70. The number of rotatable bonds is 8. The molecule has 36 heavy (non-hydrogen) atoms. The maximum absolute atomic E-state index is 11.5. The number of sulfonamides is 1. The van der Waals surface area contributed by atoms with Crippen LogP contribution in [0.25, 0.3) is 22.3 Å². The minimum Gasteiger partial charge on any atom is -0.368 e. The molecule has 5 aromatic rings. The van der Waals surface area contributed by atoms with Crippen LogP contribution in [-0.2, 0) is 10.0 Å². The highest BCUT2D eigenvalue weighted by Crippen LogP contribution is 2.28. The molecule has 0 saturated heterocycles. The van der Waals surface area contributed by atoms with Gasteiger partial charge in [0, 0.05) is 53.9 Å². The maximum Gasteiger partial charge on any atom is 0.229 e. The quantitative estimate of drug-likeness (QED) is 0.320. The van der Waals surface area contributed by atoms with Gasteiger partial charge >= 0.3 is 0 Å². The lowest BCUT2D eigenvalue weighted by atomic mass is 9.92. The van der Waals surface area contributed by atoms with Crippen molar-refractivity contribution in [1.29, 1.82) is 0 Å². The van der Waals surface area contributed by atoms with Gasteiger partial charge in [-0.3, -0.25) is 14.7 Å². The number of pyridine rings is 2. The highest BCUT2D eigenvalue weighted by atomic mass is 32.2. The predicted molar refractivity (Wildman–Crippen MR) is 142 cm³/mol. The number of hydrogen-bond donors (Lipinski definition) is 2. The Balaban J connectivity index is 1.49. The summed E-state index contributed by atoms with van der Waals surface area (Å²) in [7, 11) is -3.35. The third kappa shape index (κ3) is 5.47. The number of aromatic nitrogens is 4. The van der Waals surface area contributed by atoms with Crippen molar-refractivity contribution in [2.24, 2.45) is 0 Å². The summed E-state index contributed by atoms with van der Waals surface area (Å²) in [5.74, 6) is 1.34. The molecular weight excluding hydrogens is 472 g/mol. The molecule has 0 bridgehead atoms. The van der Waals surface area contributed by atoms with E-state index in [-0.39, 0.29) is 5.92 Å². The molecule has 8 nitrogen and oxygen atoms in total. The molecule has 0 saturated carbocycles. The van der Waals surface area contributed by atoms with Crippen molar-refractivity contribution >= 4 is 32.4 Å². The summed E-state index contributed by atoms with van der Waals surface area (Å²) in [6.45, 7) is 0.603. The van der Waals surface area contributed by atoms with Gasteiger partial charge in [-0.2, -0.15) is 0 Å². The molecule has 5 rings (SSSR count). The van der Waals surface area contributed by atoms with Crippen LogP contribution in [0.1, 0.15) is 17.0 Å². The first-order valence-corrected chi connectivity index (χ1v) is 13.2. The SMILES string of the molecule is CS(=O)(=O)Nc1ccc(-c2nc(NCC(c3ccncc3)c3ccncc3)c3ccccc3n2)cc1. The number of fused-ring (bicyclic) bond motifs is 1. The van der Waals surface area contributed by atoms with E-state index in [4.69, 9.17) is 9.97 Å². The minimum absolute atomic E-state index is 0.0644. The second kappa shape index (κ2) is 10.1. The average Bonchev–Trinajstić information content (AvgIpc) is 2.89. The molecule has 3 heterocycles. The molecule has 0 spiro atoms. The van der Waals surface area contributed by atoms with Crippen LogP contribution in [0.15, 0.2) is 97.6 Å². The fourth-order valence-electron chi connectivity index (χ4n) is 4.06. The van der Waals surface area contributed by atoms with Crippen molar-refractivity contribution in [2.45, 2.75) is 5.92 Å². The van der Waals surface area contributed by atoms with Gasteiger partial charge in [-0.25, -0.2) is 18.4 Å². The van der Waals surface area contributed by atoms with Crippen LogP contribution in [0.2, 0.25) is 0 Å². The maximum atomic E-state index is 11.5. The Labute approximate surface area is 209 Å². The average molecular weight is 497 g/mol. The monoisotopic (exact) mass is 496 g/mol. The van der Waals surface area contributed by atoms with Gasteiger partial charge in [0.2, 0.25) is 10.0 Å². The Bertz CT molecular complexity index is 1540. The molecule has 180 valence electrons. The van der Waals surface area contributed by atoms with E-state index in [9.17, 15) is 8.42 Å². The second-order valence-corrected chi connectivity index (χ2v) is 10.1. The molecule has 0 amide bonds. The first-order chi connectivity index (χ1) is 17.5. The lowest BCUT2D eigenvalue weighted by molar-refractivity contribution is 0.607. The number of nitrogens with zero attached hydrogens (tertiary/aromatic N) is 4. The van der Waals surface area contributed by atoms with E-state index < -0.39 is 10.0 Å². The molecule has 0 fully saturated rings. The van der Waals surface area contributed by atoms with E-state index in [0.717, 1.165) is 39.7 Å². The van der Waals surface area contributed by atoms with Crippen LogP contribution in [0.4, 0.5) is 11.5 Å². The lowest BCUT2D eigenvalue weighted by Crippen LogP contribution is -2.15. The van der Waals surface area contributed by atoms with E-state index in [1.54, 1.807) is 49.1 Å². The Morgan fingerprint density at radius 2 is 1.39 bits per heavy atom. The fourth-order valence-corrected chi connectivity index (χ4v) is 4.62. The fraction of sp³-hybridized carbons (Fsp3) is 0.111. The van der Waals surface area contributed by atoms with Crippen LogP contribution in [0, 0.1) is 0 Å².